The molecule has 26 heavy (non-hydrogen) atoms. The van der Waals surface area contributed by atoms with Gasteiger partial charge in [-0.1, -0.05) is 0 Å². The fraction of sp³-hybridized carbons (Fsp3) is 0.706. The molecule has 3 rings (SSSR count). The predicted octanol–water partition coefficient (Wildman–Crippen LogP) is 3.23. The summed E-state index contributed by atoms with van der Waals surface area (Å²) in [4.78, 5) is 21.2. The Balaban J connectivity index is 1.68. The molecule has 2 fully saturated rings. The average Bonchev–Trinajstić information content (AvgIpc) is 2.75. The molecule has 1 amide bonds. The molecule has 2 heterocycles. The zero-order chi connectivity index (χ0) is 19.1. The van der Waals surface area contributed by atoms with Crippen LogP contribution in [0.1, 0.15) is 39.3 Å². The first kappa shape index (κ1) is 18.7. The van der Waals surface area contributed by atoms with E-state index in [1.165, 1.54) is 0 Å². The van der Waals surface area contributed by atoms with Crippen LogP contribution in [-0.2, 0) is 10.9 Å². The summed E-state index contributed by atoms with van der Waals surface area (Å²) in [5.41, 5.74) is -1.51. The molecule has 1 aromatic heterocycles. The van der Waals surface area contributed by atoms with Crippen LogP contribution in [-0.4, -0.2) is 40.8 Å². The standard InChI is InChI=1S/C17H23F3N4O2/c1-16(2,3)26-15(25)23-14-10-4-5-11(14)8-24(7-10)13-6-12(17(18,19)20)21-9-22-13/h6,9-11,14H,4-5,7-8H2,1-3H3,(H,23,25)/t10-,11?,14?/m0/s1. The van der Waals surface area contributed by atoms with Crippen molar-refractivity contribution in [1.82, 2.24) is 15.3 Å². The number of halogens is 3. The first-order valence-corrected chi connectivity index (χ1v) is 8.66. The van der Waals surface area contributed by atoms with Crippen molar-refractivity contribution in [2.75, 3.05) is 18.0 Å². The molecule has 2 aliphatic rings. The van der Waals surface area contributed by atoms with Crippen molar-refractivity contribution in [3.8, 4) is 0 Å². The third-order valence-corrected chi connectivity index (χ3v) is 4.78. The number of aromatic nitrogens is 2. The molecule has 1 saturated carbocycles. The molecule has 9 heteroatoms. The highest BCUT2D eigenvalue weighted by molar-refractivity contribution is 5.68. The van der Waals surface area contributed by atoms with E-state index in [0.29, 0.717) is 13.1 Å². The monoisotopic (exact) mass is 372 g/mol. The number of ether oxygens (including phenoxy) is 1. The molecule has 0 aromatic carbocycles. The number of alkyl halides is 3. The second-order valence-electron chi connectivity index (χ2n) is 7.93. The summed E-state index contributed by atoms with van der Waals surface area (Å²) in [6.07, 6.45) is -2.16. The quantitative estimate of drug-likeness (QED) is 0.863. The van der Waals surface area contributed by atoms with E-state index in [1.54, 1.807) is 20.8 Å². The van der Waals surface area contributed by atoms with E-state index in [4.69, 9.17) is 4.74 Å². The lowest BCUT2D eigenvalue weighted by atomic mass is 9.92. The molecule has 1 aromatic rings. The molecule has 3 atom stereocenters. The Labute approximate surface area is 150 Å². The van der Waals surface area contributed by atoms with Crippen LogP contribution >= 0.6 is 0 Å². The highest BCUT2D eigenvalue weighted by Gasteiger charge is 2.44. The van der Waals surface area contributed by atoms with Crippen molar-refractivity contribution in [1.29, 1.82) is 0 Å². The van der Waals surface area contributed by atoms with E-state index in [1.807, 2.05) is 4.90 Å². The van der Waals surface area contributed by atoms with E-state index in [0.717, 1.165) is 25.2 Å². The van der Waals surface area contributed by atoms with Crippen LogP contribution in [0, 0.1) is 11.8 Å². The molecule has 0 radical (unpaired) electrons. The number of hydrogen-bond donors (Lipinski definition) is 1. The number of anilines is 1. The summed E-state index contributed by atoms with van der Waals surface area (Å²) in [5.74, 6) is 0.594. The van der Waals surface area contributed by atoms with E-state index >= 15 is 0 Å². The van der Waals surface area contributed by atoms with Crippen LogP contribution in [0.5, 0.6) is 0 Å². The maximum Gasteiger partial charge on any atom is 0.433 e. The summed E-state index contributed by atoms with van der Waals surface area (Å²) >= 11 is 0. The summed E-state index contributed by atoms with van der Waals surface area (Å²) < 4.78 is 43.9. The zero-order valence-corrected chi connectivity index (χ0v) is 15.0. The summed E-state index contributed by atoms with van der Waals surface area (Å²) in [7, 11) is 0. The Morgan fingerprint density at radius 1 is 1.19 bits per heavy atom. The first-order chi connectivity index (χ1) is 12.0. The van der Waals surface area contributed by atoms with Gasteiger partial charge in [0.1, 0.15) is 23.4 Å². The Morgan fingerprint density at radius 2 is 1.81 bits per heavy atom. The third-order valence-electron chi connectivity index (χ3n) is 4.78. The Morgan fingerprint density at radius 3 is 2.35 bits per heavy atom. The Kier molecular flexibility index (Phi) is 4.74. The van der Waals surface area contributed by atoms with Crippen molar-refractivity contribution < 1.29 is 22.7 Å². The van der Waals surface area contributed by atoms with E-state index in [2.05, 4.69) is 15.3 Å². The first-order valence-electron chi connectivity index (χ1n) is 8.66. The average molecular weight is 372 g/mol. The van der Waals surface area contributed by atoms with Crippen molar-refractivity contribution in [2.24, 2.45) is 11.8 Å². The van der Waals surface area contributed by atoms with Gasteiger partial charge in [0.25, 0.3) is 0 Å². The van der Waals surface area contributed by atoms with Crippen molar-refractivity contribution in [3.05, 3.63) is 18.1 Å². The smallest absolute Gasteiger partial charge is 0.433 e. The molecular weight excluding hydrogens is 349 g/mol. The molecule has 0 spiro atoms. The minimum atomic E-state index is -4.49. The van der Waals surface area contributed by atoms with Gasteiger partial charge < -0.3 is 15.0 Å². The number of alkyl carbamates (subject to hydrolysis) is 1. The number of piperidine rings is 1. The normalized spacial score (nSPS) is 25.9. The van der Waals surface area contributed by atoms with Gasteiger partial charge in [-0.25, -0.2) is 14.8 Å². The number of rotatable bonds is 2. The zero-order valence-electron chi connectivity index (χ0n) is 15.0. The lowest BCUT2D eigenvalue weighted by molar-refractivity contribution is -0.141. The highest BCUT2D eigenvalue weighted by atomic mass is 19.4. The molecule has 1 saturated heterocycles. The van der Waals surface area contributed by atoms with E-state index < -0.39 is 23.6 Å². The maximum absolute atomic E-state index is 12.9. The lowest BCUT2D eigenvalue weighted by Crippen LogP contribution is -2.53. The van der Waals surface area contributed by atoms with Crippen molar-refractivity contribution in [2.45, 2.75) is 51.4 Å². The van der Waals surface area contributed by atoms with Crippen LogP contribution < -0.4 is 10.2 Å². The maximum atomic E-state index is 12.9. The molecular formula is C17H23F3N4O2. The van der Waals surface area contributed by atoms with Crippen molar-refractivity contribution in [3.63, 3.8) is 0 Å². The van der Waals surface area contributed by atoms with Crippen LogP contribution in [0.3, 0.4) is 0 Å². The summed E-state index contributed by atoms with van der Waals surface area (Å²) in [5, 5.41) is 2.94. The van der Waals surface area contributed by atoms with Crippen LogP contribution in [0.4, 0.5) is 23.8 Å². The SMILES string of the molecule is CC(C)(C)OC(=O)NC1C2CC[C@H]1CN(c1cc(C(F)(F)F)ncn1)C2. The molecule has 6 nitrogen and oxygen atoms in total. The number of nitrogens with zero attached hydrogens (tertiary/aromatic N) is 3. The van der Waals surface area contributed by atoms with Gasteiger partial charge in [-0.05, 0) is 45.4 Å². The van der Waals surface area contributed by atoms with Gasteiger partial charge in [-0.15, -0.1) is 0 Å². The molecule has 1 aliphatic heterocycles. The van der Waals surface area contributed by atoms with Crippen molar-refractivity contribution >= 4 is 11.9 Å². The molecule has 1 N–H and O–H groups in total. The fourth-order valence-electron chi connectivity index (χ4n) is 3.76. The highest BCUT2D eigenvalue weighted by Crippen LogP contribution is 2.39. The lowest BCUT2D eigenvalue weighted by Gasteiger charge is -2.39. The minimum Gasteiger partial charge on any atom is -0.444 e. The van der Waals surface area contributed by atoms with E-state index in [-0.39, 0.29) is 23.7 Å². The number of carbonyl (C=O) groups excluding carboxylic acids is 1. The Hall–Kier alpha value is -2.06. The predicted molar refractivity (Wildman–Crippen MR) is 88.6 cm³/mol. The van der Waals surface area contributed by atoms with Gasteiger partial charge in [-0.2, -0.15) is 13.2 Å². The number of hydrogen-bond acceptors (Lipinski definition) is 5. The second-order valence-corrected chi connectivity index (χ2v) is 7.93. The summed E-state index contributed by atoms with van der Waals surface area (Å²) in [6, 6.07) is 0.964. The summed E-state index contributed by atoms with van der Waals surface area (Å²) in [6.45, 7) is 6.50. The number of carbonyl (C=O) groups is 1. The third kappa shape index (κ3) is 4.19. The molecule has 1 aliphatic carbocycles. The molecule has 144 valence electrons. The topological polar surface area (TPSA) is 67.3 Å². The number of nitrogens with one attached hydrogen (secondary N) is 1. The number of amides is 1. The van der Waals surface area contributed by atoms with Gasteiger partial charge in [0.15, 0.2) is 0 Å². The molecule has 2 unspecified atom stereocenters. The van der Waals surface area contributed by atoms with Gasteiger partial charge in [0, 0.05) is 25.2 Å². The van der Waals surface area contributed by atoms with Gasteiger partial charge in [0.05, 0.1) is 0 Å². The van der Waals surface area contributed by atoms with Crippen LogP contribution in [0.2, 0.25) is 0 Å². The second kappa shape index (κ2) is 6.59. The molecule has 2 bridgehead atoms. The Bertz CT molecular complexity index is 661. The van der Waals surface area contributed by atoms with Crippen LogP contribution in [0.25, 0.3) is 0 Å². The van der Waals surface area contributed by atoms with E-state index in [9.17, 15) is 18.0 Å². The fourth-order valence-corrected chi connectivity index (χ4v) is 3.76. The van der Waals surface area contributed by atoms with Gasteiger partial charge >= 0.3 is 12.3 Å². The van der Waals surface area contributed by atoms with Gasteiger partial charge in [0.2, 0.25) is 0 Å². The van der Waals surface area contributed by atoms with Gasteiger partial charge in [-0.3, -0.25) is 0 Å². The minimum absolute atomic E-state index is 0.0231. The number of fused-ring (bicyclic) bond motifs is 2. The van der Waals surface area contributed by atoms with Crippen LogP contribution in [0.15, 0.2) is 12.4 Å². The largest absolute Gasteiger partial charge is 0.444 e.